The molecule has 34 heavy (non-hydrogen) atoms. The normalized spacial score (nSPS) is 20.6. The molecule has 0 bridgehead atoms. The van der Waals surface area contributed by atoms with Crippen LogP contribution in [0.5, 0.6) is 0 Å². The highest BCUT2D eigenvalue weighted by Gasteiger charge is 2.36. The first kappa shape index (κ1) is 22.7. The van der Waals surface area contributed by atoms with Crippen LogP contribution in [0.3, 0.4) is 0 Å². The first-order valence-corrected chi connectivity index (χ1v) is 11.5. The molecule has 0 aliphatic heterocycles. The number of nitrogens with two attached hydrogens (primary N) is 1. The van der Waals surface area contributed by atoms with E-state index in [0.717, 1.165) is 11.1 Å². The van der Waals surface area contributed by atoms with E-state index in [9.17, 15) is 14.6 Å². The van der Waals surface area contributed by atoms with Crippen molar-refractivity contribution in [3.63, 3.8) is 0 Å². The molecule has 5 rings (SSSR count). The van der Waals surface area contributed by atoms with Gasteiger partial charge in [0.1, 0.15) is 35.8 Å². The van der Waals surface area contributed by atoms with Crippen molar-refractivity contribution in [2.45, 2.75) is 50.9 Å². The second-order valence-electron chi connectivity index (χ2n) is 9.04. The van der Waals surface area contributed by atoms with Crippen molar-refractivity contribution in [3.05, 3.63) is 70.5 Å². The number of rotatable bonds is 5. The zero-order valence-electron chi connectivity index (χ0n) is 18.8. The summed E-state index contributed by atoms with van der Waals surface area (Å²) in [6.07, 6.45) is 4.15. The van der Waals surface area contributed by atoms with Gasteiger partial charge in [-0.1, -0.05) is 31.5 Å². The molecule has 176 valence electrons. The number of hydrogen-bond donors (Lipinski definition) is 3. The number of hydrogen-bond acceptors (Lipinski definition) is 6. The summed E-state index contributed by atoms with van der Waals surface area (Å²) in [6, 6.07) is 6.16. The van der Waals surface area contributed by atoms with Crippen molar-refractivity contribution < 1.29 is 14.6 Å². The first-order chi connectivity index (χ1) is 16.2. The summed E-state index contributed by atoms with van der Waals surface area (Å²) < 4.78 is 16.5. The Morgan fingerprint density at radius 3 is 2.71 bits per heavy atom. The van der Waals surface area contributed by atoms with E-state index in [1.807, 2.05) is 22.9 Å². The van der Waals surface area contributed by atoms with Gasteiger partial charge < -0.3 is 20.5 Å². The van der Waals surface area contributed by atoms with Gasteiger partial charge in [0.2, 0.25) is 0 Å². The molecule has 3 atom stereocenters. The molecule has 0 saturated heterocycles. The fraction of sp³-hybridized carbons (Fsp3) is 0.320. The molecule has 3 heterocycles. The molecule has 0 fully saturated rings. The Labute approximate surface area is 200 Å². The summed E-state index contributed by atoms with van der Waals surface area (Å²) >= 11 is 5.97. The Hall–Kier alpha value is -3.07. The standard InChI is InChI=1S/C25H25ClFN5O2/c1-12(2)21-15-5-6-32(25(15)30-11-29-21)20-9-14(22(33)23(20)34)4-3-13-7-18(27)16-10-17(26)24(28)31-19(16)8-13/h5-12,20,22-23,33-34H,3-4H2,1-2H3,(H2,28,31)/t20-,22-,23+/m1/s1. The number of nitrogen functional groups attached to an aromatic ring is 1. The predicted molar refractivity (Wildman–Crippen MR) is 130 cm³/mol. The summed E-state index contributed by atoms with van der Waals surface area (Å²) in [5.74, 6) is -0.0519. The zero-order chi connectivity index (χ0) is 24.1. The number of aliphatic hydroxyl groups excluding tert-OH is 2. The first-order valence-electron chi connectivity index (χ1n) is 11.2. The van der Waals surface area contributed by atoms with Crippen LogP contribution in [0.15, 0.2) is 48.4 Å². The second-order valence-corrected chi connectivity index (χ2v) is 9.45. The lowest BCUT2D eigenvalue weighted by atomic mass is 10.0. The lowest BCUT2D eigenvalue weighted by Crippen LogP contribution is -2.29. The minimum atomic E-state index is -1.02. The third kappa shape index (κ3) is 3.81. The van der Waals surface area contributed by atoms with Crippen LogP contribution in [-0.2, 0) is 6.42 Å². The number of anilines is 1. The highest BCUT2D eigenvalue weighted by Crippen LogP contribution is 2.35. The Morgan fingerprint density at radius 1 is 1.15 bits per heavy atom. The second kappa shape index (κ2) is 8.61. The van der Waals surface area contributed by atoms with Crippen LogP contribution in [0, 0.1) is 5.82 Å². The van der Waals surface area contributed by atoms with Crippen molar-refractivity contribution in [2.75, 3.05) is 5.73 Å². The van der Waals surface area contributed by atoms with Crippen molar-refractivity contribution >= 4 is 39.4 Å². The quantitative estimate of drug-likeness (QED) is 0.366. The molecule has 1 aliphatic rings. The number of fused-ring (bicyclic) bond motifs is 2. The van der Waals surface area contributed by atoms with Gasteiger partial charge in [0.25, 0.3) is 0 Å². The van der Waals surface area contributed by atoms with Crippen LogP contribution in [0.4, 0.5) is 10.2 Å². The Morgan fingerprint density at radius 2 is 1.94 bits per heavy atom. The summed E-state index contributed by atoms with van der Waals surface area (Å²) in [7, 11) is 0. The van der Waals surface area contributed by atoms with E-state index in [0.29, 0.717) is 40.5 Å². The van der Waals surface area contributed by atoms with Gasteiger partial charge in [-0.15, -0.1) is 0 Å². The molecular formula is C25H25ClFN5O2. The van der Waals surface area contributed by atoms with E-state index in [2.05, 4.69) is 28.8 Å². The van der Waals surface area contributed by atoms with Gasteiger partial charge in [-0.05, 0) is 54.2 Å². The molecule has 1 aliphatic carbocycles. The van der Waals surface area contributed by atoms with Gasteiger partial charge in [-0.2, -0.15) is 0 Å². The van der Waals surface area contributed by atoms with Gasteiger partial charge in [-0.25, -0.2) is 19.3 Å². The Balaban J connectivity index is 1.42. The molecule has 4 N–H and O–H groups in total. The van der Waals surface area contributed by atoms with Crippen LogP contribution in [-0.4, -0.2) is 41.9 Å². The lowest BCUT2D eigenvalue weighted by molar-refractivity contribution is 0.0317. The number of nitrogens with zero attached hydrogens (tertiary/aromatic N) is 4. The van der Waals surface area contributed by atoms with Crippen molar-refractivity contribution in [3.8, 4) is 0 Å². The Kier molecular flexibility index (Phi) is 5.75. The average Bonchev–Trinajstić information content (AvgIpc) is 3.34. The third-order valence-corrected chi connectivity index (χ3v) is 6.78. The highest BCUT2D eigenvalue weighted by atomic mass is 35.5. The van der Waals surface area contributed by atoms with E-state index in [4.69, 9.17) is 17.3 Å². The molecule has 3 aromatic heterocycles. The predicted octanol–water partition coefficient (Wildman–Crippen LogP) is 4.31. The molecule has 4 aromatic rings. The number of aryl methyl sites for hydroxylation is 1. The van der Waals surface area contributed by atoms with E-state index < -0.39 is 24.1 Å². The van der Waals surface area contributed by atoms with E-state index in [1.165, 1.54) is 18.5 Å². The molecule has 1 aromatic carbocycles. The molecule has 0 unspecified atom stereocenters. The topological polar surface area (TPSA) is 110 Å². The van der Waals surface area contributed by atoms with Crippen LogP contribution >= 0.6 is 11.6 Å². The monoisotopic (exact) mass is 481 g/mol. The number of halogens is 2. The lowest BCUT2D eigenvalue weighted by Gasteiger charge is -2.20. The van der Waals surface area contributed by atoms with Crippen LogP contribution in [0.1, 0.15) is 43.5 Å². The maximum Gasteiger partial charge on any atom is 0.144 e. The highest BCUT2D eigenvalue weighted by molar-refractivity contribution is 6.33. The van der Waals surface area contributed by atoms with E-state index >= 15 is 0 Å². The summed E-state index contributed by atoms with van der Waals surface area (Å²) in [6.45, 7) is 4.14. The molecule has 0 spiro atoms. The number of aromatic nitrogens is 4. The molecule has 0 saturated carbocycles. The van der Waals surface area contributed by atoms with E-state index in [-0.39, 0.29) is 16.8 Å². The van der Waals surface area contributed by atoms with Gasteiger partial charge in [0, 0.05) is 17.0 Å². The van der Waals surface area contributed by atoms with Gasteiger partial charge >= 0.3 is 0 Å². The van der Waals surface area contributed by atoms with Crippen molar-refractivity contribution in [2.24, 2.45) is 0 Å². The summed E-state index contributed by atoms with van der Waals surface area (Å²) in [4.78, 5) is 13.0. The summed E-state index contributed by atoms with van der Waals surface area (Å²) in [5, 5.41) is 23.0. The van der Waals surface area contributed by atoms with Crippen molar-refractivity contribution in [1.82, 2.24) is 19.5 Å². The van der Waals surface area contributed by atoms with Crippen LogP contribution in [0.25, 0.3) is 21.9 Å². The average molecular weight is 482 g/mol. The Bertz CT molecular complexity index is 1430. The zero-order valence-corrected chi connectivity index (χ0v) is 19.5. The number of aliphatic hydroxyl groups is 2. The smallest absolute Gasteiger partial charge is 0.144 e. The molecule has 0 radical (unpaired) electrons. The maximum atomic E-state index is 14.6. The summed E-state index contributed by atoms with van der Waals surface area (Å²) in [5.41, 5.74) is 9.26. The molecule has 9 heteroatoms. The third-order valence-electron chi connectivity index (χ3n) is 6.47. The molecule has 7 nitrogen and oxygen atoms in total. The van der Waals surface area contributed by atoms with Gasteiger partial charge in [-0.3, -0.25) is 0 Å². The largest absolute Gasteiger partial charge is 0.388 e. The number of pyridine rings is 1. The SMILES string of the molecule is CC(C)c1ncnc2c1ccn2[C@@H]1C=C(CCc2cc(F)c3cc(Cl)c(N)nc3c2)[C@@H](O)[C@H]1O. The molecule has 0 amide bonds. The van der Waals surface area contributed by atoms with Crippen LogP contribution < -0.4 is 5.73 Å². The number of benzene rings is 1. The fourth-order valence-corrected chi connectivity index (χ4v) is 4.85. The maximum absolute atomic E-state index is 14.6. The van der Waals surface area contributed by atoms with Crippen LogP contribution in [0.2, 0.25) is 5.02 Å². The minimum absolute atomic E-state index is 0.147. The van der Waals surface area contributed by atoms with Crippen molar-refractivity contribution in [1.29, 1.82) is 0 Å². The van der Waals surface area contributed by atoms with E-state index in [1.54, 1.807) is 6.07 Å². The van der Waals surface area contributed by atoms with Gasteiger partial charge in [0.05, 0.1) is 22.3 Å². The minimum Gasteiger partial charge on any atom is -0.388 e. The molecular weight excluding hydrogens is 457 g/mol. The fourth-order valence-electron chi connectivity index (χ4n) is 4.70. The van der Waals surface area contributed by atoms with Gasteiger partial charge in [0.15, 0.2) is 0 Å².